The summed E-state index contributed by atoms with van der Waals surface area (Å²) in [4.78, 5) is 14.3. The van der Waals surface area contributed by atoms with Gasteiger partial charge in [-0.15, -0.1) is 0 Å². The number of halogens is 1. The fourth-order valence-electron chi connectivity index (χ4n) is 2.37. The SMILES string of the molecule is CCS(=O)(=O)Oc1cccc(CN(C(=O)c2cccc(F)c2)C(C)C)c1. The topological polar surface area (TPSA) is 63.7 Å². The average molecular weight is 379 g/mol. The molecule has 1 amide bonds. The molecule has 0 fully saturated rings. The van der Waals surface area contributed by atoms with Gasteiger partial charge in [-0.2, -0.15) is 8.42 Å². The maximum Gasteiger partial charge on any atom is 0.308 e. The molecule has 7 heteroatoms. The van der Waals surface area contributed by atoms with Gasteiger partial charge in [0.25, 0.3) is 5.91 Å². The zero-order valence-electron chi connectivity index (χ0n) is 15.0. The summed E-state index contributed by atoms with van der Waals surface area (Å²) >= 11 is 0. The molecule has 0 bridgehead atoms. The molecule has 0 radical (unpaired) electrons. The molecule has 2 aromatic carbocycles. The second-order valence-electron chi connectivity index (χ2n) is 6.11. The average Bonchev–Trinajstić information content (AvgIpc) is 2.59. The molecule has 0 N–H and O–H groups in total. The van der Waals surface area contributed by atoms with Crippen molar-refractivity contribution in [1.82, 2.24) is 4.90 Å². The minimum Gasteiger partial charge on any atom is -0.382 e. The Kier molecular flexibility index (Phi) is 6.37. The fourth-order valence-corrected chi connectivity index (χ4v) is 2.89. The van der Waals surface area contributed by atoms with E-state index in [1.54, 1.807) is 35.2 Å². The van der Waals surface area contributed by atoms with Crippen LogP contribution in [-0.4, -0.2) is 31.0 Å². The zero-order chi connectivity index (χ0) is 19.3. The molecule has 0 saturated heterocycles. The molecule has 0 aromatic heterocycles. The second kappa shape index (κ2) is 8.31. The van der Waals surface area contributed by atoms with Gasteiger partial charge in [0.1, 0.15) is 11.6 Å². The molecule has 26 heavy (non-hydrogen) atoms. The van der Waals surface area contributed by atoms with E-state index in [0.29, 0.717) is 5.56 Å². The molecule has 2 aromatic rings. The van der Waals surface area contributed by atoms with Crippen molar-refractivity contribution in [2.45, 2.75) is 33.4 Å². The fraction of sp³-hybridized carbons (Fsp3) is 0.316. The Morgan fingerprint density at radius 3 is 2.46 bits per heavy atom. The van der Waals surface area contributed by atoms with Crippen LogP contribution < -0.4 is 4.18 Å². The first-order chi connectivity index (χ1) is 12.2. The van der Waals surface area contributed by atoms with Crippen LogP contribution in [0.3, 0.4) is 0 Å². The standard InChI is InChI=1S/C19H22FNO4S/c1-4-26(23,24)25-18-10-5-7-15(11-18)13-21(14(2)3)19(22)16-8-6-9-17(20)12-16/h5-12,14H,4,13H2,1-3H3. The normalized spacial score (nSPS) is 11.4. The van der Waals surface area contributed by atoms with Crippen LogP contribution in [0.15, 0.2) is 48.5 Å². The summed E-state index contributed by atoms with van der Waals surface area (Å²) in [5.41, 5.74) is 0.979. The van der Waals surface area contributed by atoms with E-state index in [0.717, 1.165) is 0 Å². The summed E-state index contributed by atoms with van der Waals surface area (Å²) in [5, 5.41) is 0. The summed E-state index contributed by atoms with van der Waals surface area (Å²) in [6.45, 7) is 5.46. The van der Waals surface area contributed by atoms with Crippen LogP contribution >= 0.6 is 0 Å². The van der Waals surface area contributed by atoms with Gasteiger partial charge < -0.3 is 9.08 Å². The molecular weight excluding hydrogens is 357 g/mol. The first-order valence-electron chi connectivity index (χ1n) is 8.29. The van der Waals surface area contributed by atoms with E-state index in [9.17, 15) is 17.6 Å². The zero-order valence-corrected chi connectivity index (χ0v) is 15.8. The highest BCUT2D eigenvalue weighted by Gasteiger charge is 2.20. The van der Waals surface area contributed by atoms with E-state index in [2.05, 4.69) is 0 Å². The predicted molar refractivity (Wildman–Crippen MR) is 97.9 cm³/mol. The van der Waals surface area contributed by atoms with Gasteiger partial charge in [0.2, 0.25) is 0 Å². The molecule has 0 saturated carbocycles. The lowest BCUT2D eigenvalue weighted by Crippen LogP contribution is -2.36. The highest BCUT2D eigenvalue weighted by atomic mass is 32.2. The Balaban J connectivity index is 2.24. The van der Waals surface area contributed by atoms with Crippen LogP contribution in [0.25, 0.3) is 0 Å². The van der Waals surface area contributed by atoms with Crippen LogP contribution in [-0.2, 0) is 16.7 Å². The highest BCUT2D eigenvalue weighted by molar-refractivity contribution is 7.87. The molecule has 0 aliphatic rings. The number of amides is 1. The number of carbonyl (C=O) groups excluding carboxylic acids is 1. The number of hydrogen-bond donors (Lipinski definition) is 0. The van der Waals surface area contributed by atoms with E-state index < -0.39 is 15.9 Å². The number of carbonyl (C=O) groups is 1. The molecule has 0 unspecified atom stereocenters. The van der Waals surface area contributed by atoms with Crippen LogP contribution in [0.1, 0.15) is 36.7 Å². The third kappa shape index (κ3) is 5.29. The molecule has 0 heterocycles. The van der Waals surface area contributed by atoms with Crippen molar-refractivity contribution < 1.29 is 21.8 Å². The number of rotatable bonds is 7. The van der Waals surface area contributed by atoms with Gasteiger partial charge in [0.15, 0.2) is 0 Å². The van der Waals surface area contributed by atoms with Crippen molar-refractivity contribution in [2.75, 3.05) is 5.75 Å². The van der Waals surface area contributed by atoms with Gasteiger partial charge in [-0.05, 0) is 56.7 Å². The van der Waals surface area contributed by atoms with Crippen LogP contribution in [0.2, 0.25) is 0 Å². The quantitative estimate of drug-likeness (QED) is 0.690. The second-order valence-corrected chi connectivity index (χ2v) is 7.97. The third-order valence-electron chi connectivity index (χ3n) is 3.78. The Labute approximate surface area is 153 Å². The van der Waals surface area contributed by atoms with Crippen molar-refractivity contribution in [3.8, 4) is 5.75 Å². The molecule has 0 aliphatic heterocycles. The van der Waals surface area contributed by atoms with Gasteiger partial charge in [-0.1, -0.05) is 18.2 Å². The minimum atomic E-state index is -3.62. The van der Waals surface area contributed by atoms with E-state index >= 15 is 0 Å². The van der Waals surface area contributed by atoms with Gasteiger partial charge in [-0.25, -0.2) is 4.39 Å². The predicted octanol–water partition coefficient (Wildman–Crippen LogP) is 3.61. The van der Waals surface area contributed by atoms with Crippen molar-refractivity contribution in [1.29, 1.82) is 0 Å². The molecule has 0 aliphatic carbocycles. The van der Waals surface area contributed by atoms with Crippen molar-refractivity contribution in [2.24, 2.45) is 0 Å². The lowest BCUT2D eigenvalue weighted by molar-refractivity contribution is 0.0689. The maximum absolute atomic E-state index is 13.4. The molecule has 140 valence electrons. The maximum atomic E-state index is 13.4. The highest BCUT2D eigenvalue weighted by Crippen LogP contribution is 2.19. The summed E-state index contributed by atoms with van der Waals surface area (Å²) < 4.78 is 41.7. The van der Waals surface area contributed by atoms with E-state index in [-0.39, 0.29) is 35.6 Å². The molecule has 0 atom stereocenters. The Morgan fingerprint density at radius 1 is 1.15 bits per heavy atom. The lowest BCUT2D eigenvalue weighted by atomic mass is 10.1. The number of nitrogens with zero attached hydrogens (tertiary/aromatic N) is 1. The van der Waals surface area contributed by atoms with Crippen LogP contribution in [0.4, 0.5) is 4.39 Å². The summed E-state index contributed by atoms with van der Waals surface area (Å²) in [6, 6.07) is 12.0. The van der Waals surface area contributed by atoms with E-state index in [1.165, 1.54) is 25.1 Å². The van der Waals surface area contributed by atoms with Crippen molar-refractivity contribution in [3.05, 3.63) is 65.5 Å². The van der Waals surface area contributed by atoms with Crippen molar-refractivity contribution >= 4 is 16.0 Å². The number of hydrogen-bond acceptors (Lipinski definition) is 4. The first kappa shape index (κ1) is 19.9. The van der Waals surface area contributed by atoms with Gasteiger partial charge in [0, 0.05) is 18.2 Å². The minimum absolute atomic E-state index is 0.130. The first-order valence-corrected chi connectivity index (χ1v) is 9.87. The van der Waals surface area contributed by atoms with Crippen LogP contribution in [0, 0.1) is 5.82 Å². The van der Waals surface area contributed by atoms with Gasteiger partial charge in [-0.3, -0.25) is 4.79 Å². The Morgan fingerprint density at radius 2 is 1.85 bits per heavy atom. The summed E-state index contributed by atoms with van der Waals surface area (Å²) in [5.74, 6) is -0.703. The molecular formula is C19H22FNO4S. The molecule has 2 rings (SSSR count). The summed E-state index contributed by atoms with van der Waals surface area (Å²) in [6.07, 6.45) is 0. The van der Waals surface area contributed by atoms with E-state index in [1.807, 2.05) is 13.8 Å². The molecule has 0 spiro atoms. The summed E-state index contributed by atoms with van der Waals surface area (Å²) in [7, 11) is -3.62. The van der Waals surface area contributed by atoms with Crippen molar-refractivity contribution in [3.63, 3.8) is 0 Å². The monoisotopic (exact) mass is 379 g/mol. The number of benzene rings is 2. The van der Waals surface area contributed by atoms with Gasteiger partial charge in [0.05, 0.1) is 5.75 Å². The third-order valence-corrected chi connectivity index (χ3v) is 4.94. The van der Waals surface area contributed by atoms with Gasteiger partial charge >= 0.3 is 10.1 Å². The molecule has 5 nitrogen and oxygen atoms in total. The Bertz CT molecular complexity index is 881. The van der Waals surface area contributed by atoms with Crippen LogP contribution in [0.5, 0.6) is 5.75 Å². The lowest BCUT2D eigenvalue weighted by Gasteiger charge is -2.27. The Hall–Kier alpha value is -2.41. The smallest absolute Gasteiger partial charge is 0.308 e. The van der Waals surface area contributed by atoms with E-state index in [4.69, 9.17) is 4.18 Å². The largest absolute Gasteiger partial charge is 0.382 e.